The molecule has 0 aliphatic carbocycles. The molecule has 256 valence electrons. The number of ether oxygens (including phenoxy) is 2. The monoisotopic (exact) mass is 684 g/mol. The zero-order valence-electron chi connectivity index (χ0n) is 31.2. The maximum atomic E-state index is 6.94. The van der Waals surface area contributed by atoms with Crippen molar-refractivity contribution in [2.45, 2.75) is 52.4 Å². The second-order valence-corrected chi connectivity index (χ2v) is 16.9. The van der Waals surface area contributed by atoms with Crippen LogP contribution in [-0.2, 0) is 10.8 Å². The fourth-order valence-electron chi connectivity index (χ4n) is 8.68. The standard InChI is InChI=1S/C50H41BO2/c1-49(2,3)34-21-23-42-40(28-34)51-41-29-35(50(4,5)6)22-24-43(41)53-45-27-33(26-44(52-42)48(45)51)47-38-17-11-9-15-36(38)46(37-16-10-12-18-39(37)47)32-20-19-30-13-7-8-14-31(30)25-32/h7-29H,1-6H3. The predicted molar refractivity (Wildman–Crippen MR) is 225 cm³/mol. The lowest BCUT2D eigenvalue weighted by atomic mass is 9.34. The van der Waals surface area contributed by atoms with E-state index in [1.807, 2.05) is 0 Å². The highest BCUT2D eigenvalue weighted by atomic mass is 16.5. The molecule has 8 aromatic rings. The summed E-state index contributed by atoms with van der Waals surface area (Å²) in [5.41, 5.74) is 10.8. The van der Waals surface area contributed by atoms with Crippen LogP contribution in [0.15, 0.2) is 140 Å². The van der Waals surface area contributed by atoms with Crippen LogP contribution in [0.4, 0.5) is 0 Å². The zero-order chi connectivity index (χ0) is 36.2. The van der Waals surface area contributed by atoms with Crippen molar-refractivity contribution in [1.29, 1.82) is 0 Å². The summed E-state index contributed by atoms with van der Waals surface area (Å²) in [4.78, 5) is 0. The molecule has 0 atom stereocenters. The SMILES string of the molecule is CC(C)(C)c1ccc2c(c1)B1c3cc(C(C)(C)C)ccc3Oc3cc(-c4c5ccccc5c(-c5ccc6ccccc6c5)c5ccccc45)cc(c31)O2. The maximum absolute atomic E-state index is 6.94. The van der Waals surface area contributed by atoms with Gasteiger partial charge in [-0.1, -0.05) is 151 Å². The van der Waals surface area contributed by atoms with E-state index in [1.54, 1.807) is 0 Å². The van der Waals surface area contributed by atoms with Gasteiger partial charge in [-0.3, -0.25) is 0 Å². The van der Waals surface area contributed by atoms with Crippen molar-refractivity contribution >= 4 is 55.4 Å². The summed E-state index contributed by atoms with van der Waals surface area (Å²) >= 11 is 0. The third kappa shape index (κ3) is 5.01. The normalized spacial score (nSPS) is 13.4. The Morgan fingerprint density at radius 3 is 1.34 bits per heavy atom. The second-order valence-electron chi connectivity index (χ2n) is 16.9. The summed E-state index contributed by atoms with van der Waals surface area (Å²) in [6, 6.07) is 51.2. The molecule has 2 nitrogen and oxygen atoms in total. The first-order valence-electron chi connectivity index (χ1n) is 18.8. The molecular formula is C50H41BO2. The molecule has 2 aliphatic heterocycles. The molecule has 0 radical (unpaired) electrons. The average Bonchev–Trinajstić information content (AvgIpc) is 3.15. The highest BCUT2D eigenvalue weighted by molar-refractivity contribution is 6.98. The number of hydrogen-bond acceptors (Lipinski definition) is 2. The summed E-state index contributed by atoms with van der Waals surface area (Å²) in [7, 11) is 0. The molecule has 0 fully saturated rings. The van der Waals surface area contributed by atoms with Gasteiger partial charge in [-0.05, 0) is 118 Å². The molecule has 2 heterocycles. The van der Waals surface area contributed by atoms with E-state index < -0.39 is 0 Å². The molecule has 0 saturated heterocycles. The number of hydrogen-bond donors (Lipinski definition) is 0. The Morgan fingerprint density at radius 2 is 0.849 bits per heavy atom. The van der Waals surface area contributed by atoms with Gasteiger partial charge in [0.05, 0.1) is 0 Å². The molecule has 8 aromatic carbocycles. The van der Waals surface area contributed by atoms with Gasteiger partial charge in [-0.25, -0.2) is 0 Å². The van der Waals surface area contributed by atoms with Crippen molar-refractivity contribution < 1.29 is 9.47 Å². The summed E-state index contributed by atoms with van der Waals surface area (Å²) in [5, 5.41) is 7.34. The first-order chi connectivity index (χ1) is 25.5. The van der Waals surface area contributed by atoms with Crippen molar-refractivity contribution in [3.63, 3.8) is 0 Å². The topological polar surface area (TPSA) is 18.5 Å². The van der Waals surface area contributed by atoms with E-state index in [2.05, 4.69) is 181 Å². The van der Waals surface area contributed by atoms with Gasteiger partial charge in [-0.2, -0.15) is 0 Å². The van der Waals surface area contributed by atoms with Crippen molar-refractivity contribution in [1.82, 2.24) is 0 Å². The van der Waals surface area contributed by atoms with E-state index in [0.29, 0.717) is 0 Å². The Kier molecular flexibility index (Phi) is 6.83. The van der Waals surface area contributed by atoms with Crippen LogP contribution >= 0.6 is 0 Å². The summed E-state index contributed by atoms with van der Waals surface area (Å²) in [6.45, 7) is 13.7. The summed E-state index contributed by atoms with van der Waals surface area (Å²) in [5.74, 6) is 3.54. The fourth-order valence-corrected chi connectivity index (χ4v) is 8.68. The summed E-state index contributed by atoms with van der Waals surface area (Å²) in [6.07, 6.45) is 0. The highest BCUT2D eigenvalue weighted by Crippen LogP contribution is 2.47. The first kappa shape index (κ1) is 31.9. The smallest absolute Gasteiger partial charge is 0.260 e. The minimum atomic E-state index is -0.00471. The highest BCUT2D eigenvalue weighted by Gasteiger charge is 2.41. The average molecular weight is 685 g/mol. The Balaban J connectivity index is 1.23. The van der Waals surface area contributed by atoms with Crippen LogP contribution in [0.1, 0.15) is 52.7 Å². The van der Waals surface area contributed by atoms with Gasteiger partial charge < -0.3 is 9.47 Å². The number of rotatable bonds is 2. The van der Waals surface area contributed by atoms with E-state index in [1.165, 1.54) is 71.1 Å². The minimum absolute atomic E-state index is 0.00434. The Morgan fingerprint density at radius 1 is 0.396 bits per heavy atom. The Labute approximate surface area is 312 Å². The van der Waals surface area contributed by atoms with Crippen molar-refractivity contribution in [2.24, 2.45) is 0 Å². The van der Waals surface area contributed by atoms with Crippen molar-refractivity contribution in [3.8, 4) is 45.3 Å². The zero-order valence-corrected chi connectivity index (χ0v) is 31.2. The van der Waals surface area contributed by atoms with Crippen LogP contribution in [0, 0.1) is 0 Å². The number of fused-ring (bicyclic) bond motifs is 7. The lowest BCUT2D eigenvalue weighted by molar-refractivity contribution is 0.464. The van der Waals surface area contributed by atoms with Crippen LogP contribution < -0.4 is 25.9 Å². The van der Waals surface area contributed by atoms with Crippen molar-refractivity contribution in [3.05, 3.63) is 151 Å². The van der Waals surface area contributed by atoms with Crippen LogP contribution in [0.3, 0.4) is 0 Å². The molecule has 0 bridgehead atoms. The van der Waals surface area contributed by atoms with Crippen LogP contribution in [0.25, 0.3) is 54.6 Å². The lowest BCUT2D eigenvalue weighted by Crippen LogP contribution is -2.57. The molecule has 0 spiro atoms. The van der Waals surface area contributed by atoms with Crippen LogP contribution in [-0.4, -0.2) is 6.71 Å². The van der Waals surface area contributed by atoms with E-state index in [0.717, 1.165) is 34.0 Å². The molecule has 0 unspecified atom stereocenters. The van der Waals surface area contributed by atoms with E-state index in [-0.39, 0.29) is 17.5 Å². The predicted octanol–water partition coefficient (Wildman–Crippen LogP) is 11.8. The minimum Gasteiger partial charge on any atom is -0.458 e. The van der Waals surface area contributed by atoms with Gasteiger partial charge in [0.25, 0.3) is 6.71 Å². The largest absolute Gasteiger partial charge is 0.458 e. The summed E-state index contributed by atoms with van der Waals surface area (Å²) < 4.78 is 13.9. The quantitative estimate of drug-likeness (QED) is 0.133. The molecule has 0 aromatic heterocycles. The maximum Gasteiger partial charge on any atom is 0.260 e. The lowest BCUT2D eigenvalue weighted by Gasteiger charge is -2.35. The Hall–Kier alpha value is -5.80. The molecular weight excluding hydrogens is 643 g/mol. The molecule has 0 amide bonds. The van der Waals surface area contributed by atoms with Crippen LogP contribution in [0.5, 0.6) is 23.0 Å². The third-order valence-electron chi connectivity index (χ3n) is 11.5. The van der Waals surface area contributed by atoms with Crippen LogP contribution in [0.2, 0.25) is 0 Å². The van der Waals surface area contributed by atoms with Gasteiger partial charge in [0, 0.05) is 5.46 Å². The van der Waals surface area contributed by atoms with E-state index in [4.69, 9.17) is 9.47 Å². The van der Waals surface area contributed by atoms with Gasteiger partial charge in [0.2, 0.25) is 0 Å². The molecule has 3 heteroatoms. The Bertz CT molecular complexity index is 2670. The number of benzene rings is 8. The van der Waals surface area contributed by atoms with E-state index >= 15 is 0 Å². The first-order valence-corrected chi connectivity index (χ1v) is 18.8. The third-order valence-corrected chi connectivity index (χ3v) is 11.5. The van der Waals surface area contributed by atoms with Crippen molar-refractivity contribution in [2.75, 3.05) is 0 Å². The van der Waals surface area contributed by atoms with Gasteiger partial charge >= 0.3 is 0 Å². The molecule has 0 saturated carbocycles. The van der Waals surface area contributed by atoms with Gasteiger partial charge in [0.15, 0.2) is 0 Å². The van der Waals surface area contributed by atoms with E-state index in [9.17, 15) is 0 Å². The van der Waals surface area contributed by atoms with Gasteiger partial charge in [-0.15, -0.1) is 0 Å². The molecule has 2 aliphatic rings. The van der Waals surface area contributed by atoms with Gasteiger partial charge in [0.1, 0.15) is 23.0 Å². The molecule has 53 heavy (non-hydrogen) atoms. The fraction of sp³-hybridized carbons (Fsp3) is 0.160. The second kappa shape index (κ2) is 11.4. The molecule has 0 N–H and O–H groups in total. The molecule has 10 rings (SSSR count).